The number of carbonyl (C=O) groups excluding carboxylic acids is 2. The zero-order valence-electron chi connectivity index (χ0n) is 23.1. The molecule has 1 fully saturated rings. The van der Waals surface area contributed by atoms with Crippen molar-refractivity contribution in [2.45, 2.75) is 33.2 Å². The lowest BCUT2D eigenvalue weighted by Crippen LogP contribution is -2.46. The fourth-order valence-corrected chi connectivity index (χ4v) is 5.47. The number of anilines is 1. The van der Waals surface area contributed by atoms with Gasteiger partial charge in [-0.2, -0.15) is 5.10 Å². The van der Waals surface area contributed by atoms with Crippen LogP contribution in [0, 0.1) is 12.8 Å². The van der Waals surface area contributed by atoms with E-state index in [0.717, 1.165) is 42.5 Å². The van der Waals surface area contributed by atoms with E-state index in [4.69, 9.17) is 9.72 Å². The van der Waals surface area contributed by atoms with Gasteiger partial charge in [-0.3, -0.25) is 19.9 Å². The number of benzene rings is 1. The molecule has 1 saturated heterocycles. The maximum atomic E-state index is 13.6. The van der Waals surface area contributed by atoms with Crippen molar-refractivity contribution < 1.29 is 14.3 Å². The van der Waals surface area contributed by atoms with Crippen LogP contribution in [-0.4, -0.2) is 73.8 Å². The van der Waals surface area contributed by atoms with Crippen LogP contribution in [-0.2, 0) is 13.6 Å². The summed E-state index contributed by atoms with van der Waals surface area (Å²) in [5.41, 5.74) is 4.73. The minimum atomic E-state index is -0.283. The third-order valence-electron chi connectivity index (χ3n) is 7.57. The van der Waals surface area contributed by atoms with Crippen molar-refractivity contribution in [1.29, 1.82) is 0 Å². The maximum absolute atomic E-state index is 13.6. The number of carbonyl (C=O) groups is 2. The third-order valence-corrected chi connectivity index (χ3v) is 7.57. The first-order valence-corrected chi connectivity index (χ1v) is 13.8. The molecular formula is C29H34N8O3. The second-order valence-electron chi connectivity index (χ2n) is 10.7. The summed E-state index contributed by atoms with van der Waals surface area (Å²) < 4.78 is 9.89. The van der Waals surface area contributed by atoms with Crippen LogP contribution in [0.4, 0.5) is 5.95 Å². The van der Waals surface area contributed by atoms with Crippen LogP contribution in [0.1, 0.15) is 46.2 Å². The smallest absolute Gasteiger partial charge is 0.258 e. The Hall–Kier alpha value is -4.25. The van der Waals surface area contributed by atoms with Crippen molar-refractivity contribution in [3.05, 3.63) is 53.3 Å². The van der Waals surface area contributed by atoms with Gasteiger partial charge >= 0.3 is 0 Å². The summed E-state index contributed by atoms with van der Waals surface area (Å²) in [6, 6.07) is 9.11. The normalized spacial score (nSPS) is 18.2. The molecule has 2 amide bonds. The molecule has 0 spiro atoms. The van der Waals surface area contributed by atoms with Gasteiger partial charge in [-0.05, 0) is 56.0 Å². The van der Waals surface area contributed by atoms with Crippen LogP contribution in [0.15, 0.2) is 36.5 Å². The van der Waals surface area contributed by atoms with Crippen LogP contribution in [0.5, 0.6) is 5.88 Å². The number of aryl methyl sites for hydroxylation is 2. The molecule has 3 aromatic heterocycles. The summed E-state index contributed by atoms with van der Waals surface area (Å²) >= 11 is 0. The first kappa shape index (κ1) is 26.0. The lowest BCUT2D eigenvalue weighted by atomic mass is 10.1. The molecule has 0 saturated carbocycles. The molecule has 40 heavy (non-hydrogen) atoms. The van der Waals surface area contributed by atoms with Gasteiger partial charge in [0.25, 0.3) is 11.8 Å². The molecule has 0 unspecified atom stereocenters. The highest BCUT2D eigenvalue weighted by Gasteiger charge is 2.23. The Morgan fingerprint density at radius 2 is 1.95 bits per heavy atom. The maximum Gasteiger partial charge on any atom is 0.258 e. The molecule has 2 N–H and O–H groups in total. The zero-order chi connectivity index (χ0) is 27.8. The molecule has 4 aromatic rings. The largest absolute Gasteiger partial charge is 0.477 e. The van der Waals surface area contributed by atoms with Crippen LogP contribution in [0.2, 0.25) is 0 Å². The average Bonchev–Trinajstić information content (AvgIpc) is 3.49. The number of rotatable bonds is 1. The molecule has 1 aromatic carbocycles. The van der Waals surface area contributed by atoms with E-state index in [-0.39, 0.29) is 17.7 Å². The van der Waals surface area contributed by atoms with Gasteiger partial charge in [0.2, 0.25) is 11.8 Å². The van der Waals surface area contributed by atoms with E-state index >= 15 is 0 Å². The van der Waals surface area contributed by atoms with Crippen molar-refractivity contribution in [3.8, 4) is 17.1 Å². The monoisotopic (exact) mass is 542 g/mol. The van der Waals surface area contributed by atoms with Crippen molar-refractivity contribution in [1.82, 2.24) is 34.5 Å². The molecule has 2 bridgehead atoms. The van der Waals surface area contributed by atoms with Crippen molar-refractivity contribution >= 4 is 28.8 Å². The highest BCUT2D eigenvalue weighted by molar-refractivity contribution is 6.05. The molecule has 2 aliphatic heterocycles. The van der Waals surface area contributed by atoms with Crippen LogP contribution < -0.4 is 15.4 Å². The minimum absolute atomic E-state index is 0.0131. The Labute approximate surface area is 232 Å². The summed E-state index contributed by atoms with van der Waals surface area (Å²) in [6.07, 6.45) is 3.47. The molecule has 208 valence electrons. The van der Waals surface area contributed by atoms with Gasteiger partial charge in [-0.15, -0.1) is 0 Å². The second-order valence-corrected chi connectivity index (χ2v) is 10.7. The number of nitrogens with one attached hydrogen (secondary N) is 2. The molecule has 0 radical (unpaired) electrons. The van der Waals surface area contributed by atoms with Gasteiger partial charge in [0.15, 0.2) is 0 Å². The van der Waals surface area contributed by atoms with E-state index in [0.29, 0.717) is 60.6 Å². The fraction of sp³-hybridized carbons (Fsp3) is 0.414. The molecule has 5 heterocycles. The zero-order valence-corrected chi connectivity index (χ0v) is 23.1. The molecule has 1 atom stereocenters. The Kier molecular flexibility index (Phi) is 6.97. The molecule has 6 rings (SSSR count). The predicted molar refractivity (Wildman–Crippen MR) is 152 cm³/mol. The molecule has 2 aliphatic rings. The van der Waals surface area contributed by atoms with Crippen LogP contribution >= 0.6 is 0 Å². The van der Waals surface area contributed by atoms with Crippen LogP contribution in [0.25, 0.3) is 22.3 Å². The number of hydrogen-bond donors (Lipinski definition) is 2. The SMILES string of the molecule is Cc1cc2cc(n1)-c1cnn(C)c1OCCC[C@@H](C)Cn1c(nc3ccc(C(=O)N4CCNCC4)cc31)NC2=O. The lowest BCUT2D eigenvalue weighted by molar-refractivity contribution is 0.0735. The summed E-state index contributed by atoms with van der Waals surface area (Å²) in [4.78, 5) is 38.2. The van der Waals surface area contributed by atoms with E-state index in [9.17, 15) is 9.59 Å². The quantitative estimate of drug-likeness (QED) is 0.379. The molecule has 11 heteroatoms. The number of pyridine rings is 1. The van der Waals surface area contributed by atoms with Gasteiger partial charge in [0.05, 0.1) is 35.1 Å². The first-order valence-electron chi connectivity index (χ1n) is 13.8. The van der Waals surface area contributed by atoms with Gasteiger partial charge in [-0.25, -0.2) is 9.67 Å². The van der Waals surface area contributed by atoms with E-state index < -0.39 is 0 Å². The number of imidazole rings is 1. The van der Waals surface area contributed by atoms with Gasteiger partial charge in [0, 0.05) is 56.6 Å². The third kappa shape index (κ3) is 5.04. The van der Waals surface area contributed by atoms with E-state index in [1.165, 1.54) is 0 Å². The van der Waals surface area contributed by atoms with Crippen molar-refractivity contribution in [2.24, 2.45) is 13.0 Å². The molecular weight excluding hydrogens is 508 g/mol. The number of aromatic nitrogens is 5. The fourth-order valence-electron chi connectivity index (χ4n) is 5.47. The molecule has 11 nitrogen and oxygen atoms in total. The van der Waals surface area contributed by atoms with Crippen molar-refractivity contribution in [3.63, 3.8) is 0 Å². The number of nitrogens with zero attached hydrogens (tertiary/aromatic N) is 6. The predicted octanol–water partition coefficient (Wildman–Crippen LogP) is 3.25. The summed E-state index contributed by atoms with van der Waals surface area (Å²) in [5.74, 6) is 1.09. The van der Waals surface area contributed by atoms with Gasteiger partial charge in [-0.1, -0.05) is 6.92 Å². The van der Waals surface area contributed by atoms with Crippen LogP contribution in [0.3, 0.4) is 0 Å². The second kappa shape index (κ2) is 10.7. The number of amides is 2. The number of piperazine rings is 1. The number of hydrogen-bond acceptors (Lipinski definition) is 7. The number of fused-ring (bicyclic) bond motifs is 7. The number of ether oxygens (including phenoxy) is 1. The summed E-state index contributed by atoms with van der Waals surface area (Å²) in [5, 5.41) is 10.7. The summed E-state index contributed by atoms with van der Waals surface area (Å²) in [6.45, 7) is 8.16. The Morgan fingerprint density at radius 3 is 2.77 bits per heavy atom. The Balaban J connectivity index is 1.40. The van der Waals surface area contributed by atoms with Gasteiger partial charge in [0.1, 0.15) is 0 Å². The lowest BCUT2D eigenvalue weighted by Gasteiger charge is -2.27. The minimum Gasteiger partial charge on any atom is -0.477 e. The highest BCUT2D eigenvalue weighted by Crippen LogP contribution is 2.31. The van der Waals surface area contributed by atoms with Crippen molar-refractivity contribution in [2.75, 3.05) is 38.1 Å². The average molecular weight is 543 g/mol. The highest BCUT2D eigenvalue weighted by atomic mass is 16.5. The molecule has 0 aliphatic carbocycles. The van der Waals surface area contributed by atoms with E-state index in [2.05, 4.69) is 27.6 Å². The Bertz CT molecular complexity index is 1580. The first-order chi connectivity index (χ1) is 19.4. The summed E-state index contributed by atoms with van der Waals surface area (Å²) in [7, 11) is 1.84. The standard InChI is InChI=1S/C29H34N8O3/c1-18-5-4-12-40-28-22(16-31-35(28)3)24-14-21(13-19(2)32-24)26(38)34-29-33-23-7-6-20(15-25(23)37(29)17-18)27(39)36-10-8-30-9-11-36/h6-7,13-16,18,30H,4-5,8-12,17H2,1-3H3,(H,33,34,38)/t18-/m1/s1. The van der Waals surface area contributed by atoms with E-state index in [1.54, 1.807) is 23.0 Å². The Morgan fingerprint density at radius 1 is 1.12 bits per heavy atom. The topological polar surface area (TPSA) is 119 Å². The van der Waals surface area contributed by atoms with Gasteiger partial charge < -0.3 is 19.5 Å². The van der Waals surface area contributed by atoms with E-state index in [1.807, 2.05) is 41.6 Å².